The second-order valence-corrected chi connectivity index (χ2v) is 9.01. The van der Waals surface area contributed by atoms with Crippen molar-refractivity contribution in [3.8, 4) is 0 Å². The molecule has 3 aromatic rings. The number of sulfonamides is 1. The van der Waals surface area contributed by atoms with E-state index in [-0.39, 0.29) is 22.5 Å². The number of nitrogens with one attached hydrogen (secondary N) is 1. The lowest BCUT2D eigenvalue weighted by molar-refractivity contribution is -0.145. The molecule has 0 aliphatic carbocycles. The Hall–Kier alpha value is -2.97. The fourth-order valence-electron chi connectivity index (χ4n) is 3.14. The van der Waals surface area contributed by atoms with Crippen LogP contribution < -0.4 is 4.72 Å². The summed E-state index contributed by atoms with van der Waals surface area (Å²) in [7, 11) is -3.67. The van der Waals surface area contributed by atoms with Crippen LogP contribution in [-0.4, -0.2) is 31.2 Å². The number of rotatable bonds is 4. The Morgan fingerprint density at radius 2 is 2.00 bits per heavy atom. The van der Waals surface area contributed by atoms with Gasteiger partial charge in [-0.15, -0.1) is 0 Å². The van der Waals surface area contributed by atoms with Gasteiger partial charge in [0.15, 0.2) is 0 Å². The third kappa shape index (κ3) is 3.88. The van der Waals surface area contributed by atoms with E-state index in [4.69, 9.17) is 16.3 Å². The quantitative estimate of drug-likeness (QED) is 0.492. The first-order valence-corrected chi connectivity index (χ1v) is 11.0. The van der Waals surface area contributed by atoms with Crippen LogP contribution in [0.3, 0.4) is 0 Å². The van der Waals surface area contributed by atoms with Gasteiger partial charge >= 0.3 is 5.97 Å². The molecule has 7 nitrogen and oxygen atoms in total. The molecule has 1 N–H and O–H groups in total. The van der Waals surface area contributed by atoms with Crippen LogP contribution >= 0.6 is 11.6 Å². The first-order chi connectivity index (χ1) is 14.2. The zero-order valence-electron chi connectivity index (χ0n) is 16.2. The number of aliphatic imine (C=N–C) groups is 1. The maximum Gasteiger partial charge on any atom is 0.330 e. The van der Waals surface area contributed by atoms with Crippen LogP contribution in [0.25, 0.3) is 10.9 Å². The molecule has 4 rings (SSSR count). The third-order valence-corrected chi connectivity index (χ3v) is 6.42. The van der Waals surface area contributed by atoms with Crippen molar-refractivity contribution in [2.75, 3.05) is 0 Å². The predicted octanol–water partition coefficient (Wildman–Crippen LogP) is 3.37. The van der Waals surface area contributed by atoms with E-state index in [0.717, 1.165) is 16.5 Å². The minimum atomic E-state index is -3.67. The molecular formula is C21H18ClN3O4S. The van der Waals surface area contributed by atoms with E-state index in [1.807, 2.05) is 31.2 Å². The van der Waals surface area contributed by atoms with E-state index in [2.05, 4.69) is 14.7 Å². The maximum atomic E-state index is 12.4. The summed E-state index contributed by atoms with van der Waals surface area (Å²) < 4.78 is 32.0. The van der Waals surface area contributed by atoms with E-state index in [1.54, 1.807) is 18.2 Å². The summed E-state index contributed by atoms with van der Waals surface area (Å²) in [5.74, 6) is -0.484. The molecule has 0 amide bonds. The molecule has 0 saturated heterocycles. The van der Waals surface area contributed by atoms with Gasteiger partial charge in [0.05, 0.1) is 10.4 Å². The molecule has 0 saturated carbocycles. The van der Waals surface area contributed by atoms with Crippen molar-refractivity contribution in [2.24, 2.45) is 4.99 Å². The molecule has 0 unspecified atom stereocenters. The Bertz CT molecular complexity index is 1300. The van der Waals surface area contributed by atoms with Crippen LogP contribution in [0.4, 0.5) is 0 Å². The fourth-order valence-corrected chi connectivity index (χ4v) is 4.58. The molecule has 1 atom stereocenters. The minimum Gasteiger partial charge on any atom is -0.459 e. The summed E-state index contributed by atoms with van der Waals surface area (Å²) in [6, 6.07) is 13.2. The third-order valence-electron chi connectivity index (χ3n) is 4.70. The predicted molar refractivity (Wildman–Crippen MR) is 114 cm³/mol. The number of aryl methyl sites for hydroxylation is 1. The van der Waals surface area contributed by atoms with E-state index in [0.29, 0.717) is 11.1 Å². The van der Waals surface area contributed by atoms with Crippen molar-refractivity contribution in [2.45, 2.75) is 31.4 Å². The first kappa shape index (κ1) is 20.3. The number of carbonyl (C=O) groups excluding carboxylic acids is 1. The Labute approximate surface area is 178 Å². The van der Waals surface area contributed by atoms with Gasteiger partial charge in [0.2, 0.25) is 0 Å². The second-order valence-electron chi connectivity index (χ2n) is 7.00. The summed E-state index contributed by atoms with van der Waals surface area (Å²) in [6.07, 6.45) is 0. The zero-order chi connectivity index (χ0) is 21.5. The standard InChI is InChI=1S/C21H18ClN3O4S/c1-12-7-8-14-10-15(19(22)24-17(14)9-12)11-29-21(26)13(2)23-20-16-5-3-4-6-18(16)30(27,28)25-20/h3-10,13H,11H2,1-2H3,(H,23,25)/t13-/m1/s1. The van der Waals surface area contributed by atoms with Crippen molar-refractivity contribution >= 4 is 44.3 Å². The van der Waals surface area contributed by atoms with Gasteiger partial charge in [-0.1, -0.05) is 35.9 Å². The first-order valence-electron chi connectivity index (χ1n) is 9.17. The molecule has 1 aliphatic rings. The molecule has 9 heteroatoms. The number of fused-ring (bicyclic) bond motifs is 2. The van der Waals surface area contributed by atoms with Gasteiger partial charge in [-0.05, 0) is 43.7 Å². The average Bonchev–Trinajstić information content (AvgIpc) is 2.96. The van der Waals surface area contributed by atoms with Gasteiger partial charge in [0.25, 0.3) is 10.0 Å². The summed E-state index contributed by atoms with van der Waals surface area (Å²) in [5, 5.41) is 1.15. The molecule has 2 heterocycles. The average molecular weight is 444 g/mol. The fraction of sp³-hybridized carbons (Fsp3) is 0.190. The molecular weight excluding hydrogens is 426 g/mol. The van der Waals surface area contributed by atoms with Crippen molar-refractivity contribution in [3.63, 3.8) is 0 Å². The van der Waals surface area contributed by atoms with Crippen molar-refractivity contribution < 1.29 is 17.9 Å². The van der Waals surface area contributed by atoms with Crippen LogP contribution in [-0.2, 0) is 26.2 Å². The topological polar surface area (TPSA) is 97.7 Å². The number of hydrogen-bond acceptors (Lipinski definition) is 6. The number of benzene rings is 2. The highest BCUT2D eigenvalue weighted by Crippen LogP contribution is 2.24. The number of carbonyl (C=O) groups is 1. The van der Waals surface area contributed by atoms with E-state index < -0.39 is 22.0 Å². The van der Waals surface area contributed by atoms with E-state index in [1.165, 1.54) is 13.0 Å². The molecule has 0 bridgehead atoms. The van der Waals surface area contributed by atoms with E-state index in [9.17, 15) is 13.2 Å². The molecule has 0 fully saturated rings. The zero-order valence-corrected chi connectivity index (χ0v) is 17.8. The van der Waals surface area contributed by atoms with Crippen LogP contribution in [0.15, 0.2) is 58.4 Å². The molecule has 2 aromatic carbocycles. The molecule has 154 valence electrons. The highest BCUT2D eigenvalue weighted by Gasteiger charge is 2.31. The molecule has 1 aliphatic heterocycles. The Morgan fingerprint density at radius 3 is 2.80 bits per heavy atom. The lowest BCUT2D eigenvalue weighted by atomic mass is 10.1. The summed E-state index contributed by atoms with van der Waals surface area (Å²) >= 11 is 6.24. The highest BCUT2D eigenvalue weighted by atomic mass is 35.5. The maximum absolute atomic E-state index is 12.4. The molecule has 0 radical (unpaired) electrons. The van der Waals surface area contributed by atoms with Gasteiger partial charge < -0.3 is 4.74 Å². The van der Waals surface area contributed by atoms with Crippen molar-refractivity contribution in [3.05, 3.63) is 70.4 Å². The number of halogens is 1. The Morgan fingerprint density at radius 1 is 1.23 bits per heavy atom. The lowest BCUT2D eigenvalue weighted by Gasteiger charge is -2.11. The van der Waals surface area contributed by atoms with Gasteiger partial charge in [-0.25, -0.2) is 18.2 Å². The monoisotopic (exact) mass is 443 g/mol. The minimum absolute atomic E-state index is 0.0635. The van der Waals surface area contributed by atoms with Crippen molar-refractivity contribution in [1.29, 1.82) is 0 Å². The van der Waals surface area contributed by atoms with Crippen LogP contribution in [0.5, 0.6) is 0 Å². The van der Waals surface area contributed by atoms with Gasteiger partial charge in [-0.3, -0.25) is 9.71 Å². The van der Waals surface area contributed by atoms with Gasteiger partial charge in [-0.2, -0.15) is 0 Å². The Kier molecular flexibility index (Phi) is 5.21. The van der Waals surface area contributed by atoms with Gasteiger partial charge in [0, 0.05) is 16.5 Å². The largest absolute Gasteiger partial charge is 0.459 e. The summed E-state index contributed by atoms with van der Waals surface area (Å²) in [4.78, 5) is 21.1. The second kappa shape index (κ2) is 7.70. The number of nitrogens with zero attached hydrogens (tertiary/aromatic N) is 2. The normalized spacial score (nSPS) is 16.8. The molecule has 0 spiro atoms. The molecule has 1 aromatic heterocycles. The van der Waals surface area contributed by atoms with Crippen molar-refractivity contribution in [1.82, 2.24) is 9.71 Å². The highest BCUT2D eigenvalue weighted by molar-refractivity contribution is 7.90. The number of amidine groups is 1. The lowest BCUT2D eigenvalue weighted by Crippen LogP contribution is -2.26. The number of aromatic nitrogens is 1. The van der Waals surface area contributed by atoms with Crippen LogP contribution in [0, 0.1) is 6.92 Å². The SMILES string of the molecule is Cc1ccc2cc(COC(=O)[C@@H](C)N=C3NS(=O)(=O)c4ccccc43)c(Cl)nc2c1. The van der Waals surface area contributed by atoms with Gasteiger partial charge in [0.1, 0.15) is 23.6 Å². The Balaban J connectivity index is 1.50. The van der Waals surface area contributed by atoms with E-state index >= 15 is 0 Å². The number of pyridine rings is 1. The number of esters is 1. The summed E-state index contributed by atoms with van der Waals surface area (Å²) in [6.45, 7) is 3.44. The number of hydrogen-bond donors (Lipinski definition) is 1. The van der Waals surface area contributed by atoms with Crippen LogP contribution in [0.1, 0.15) is 23.6 Å². The smallest absolute Gasteiger partial charge is 0.330 e. The summed E-state index contributed by atoms with van der Waals surface area (Å²) in [5.41, 5.74) is 2.84. The van der Waals surface area contributed by atoms with Crippen LogP contribution in [0.2, 0.25) is 5.15 Å². The number of ether oxygens (including phenoxy) is 1. The molecule has 30 heavy (non-hydrogen) atoms.